The summed E-state index contributed by atoms with van der Waals surface area (Å²) in [6.45, 7) is 0. The van der Waals surface area contributed by atoms with E-state index in [1.54, 1.807) is 0 Å². The number of hydrogen-bond acceptors (Lipinski definition) is 6. The minimum atomic E-state index is -1.94. The highest BCUT2D eigenvalue weighted by molar-refractivity contribution is 5.79. The highest BCUT2D eigenvalue weighted by atomic mass is 16.6. The largest absolute Gasteiger partial charge is 0.383 e. The lowest BCUT2D eigenvalue weighted by atomic mass is 10.1. The number of aromatic nitrogens is 2. The lowest BCUT2D eigenvalue weighted by molar-refractivity contribution is -0.390. The molecule has 0 bridgehead atoms. The molecule has 0 radical (unpaired) electrons. The number of H-pyrrole nitrogens is 1. The Morgan fingerprint density at radius 3 is 2.73 bits per heavy atom. The van der Waals surface area contributed by atoms with Crippen molar-refractivity contribution in [2.24, 2.45) is 5.73 Å². The van der Waals surface area contributed by atoms with E-state index in [1.165, 1.54) is 0 Å². The van der Waals surface area contributed by atoms with Gasteiger partial charge in [0, 0.05) is 0 Å². The van der Waals surface area contributed by atoms with Crippen LogP contribution in [0.3, 0.4) is 0 Å². The molecule has 1 aromatic heterocycles. The first kappa shape index (κ1) is 11.1. The molecule has 82 valence electrons. The maximum absolute atomic E-state index is 10.5. The van der Waals surface area contributed by atoms with E-state index in [0.29, 0.717) is 0 Å². The van der Waals surface area contributed by atoms with Crippen molar-refractivity contribution >= 4 is 11.7 Å². The molecular weight excluding hydrogens is 208 g/mol. The number of hydrogen-bond donors (Lipinski definition) is 4. The molecule has 2 atom stereocenters. The van der Waals surface area contributed by atoms with Crippen molar-refractivity contribution in [3.63, 3.8) is 0 Å². The van der Waals surface area contributed by atoms with Crippen molar-refractivity contribution in [3.05, 3.63) is 22.1 Å². The van der Waals surface area contributed by atoms with Crippen molar-refractivity contribution in [3.8, 4) is 0 Å². The zero-order valence-electron chi connectivity index (χ0n) is 7.32. The minimum absolute atomic E-state index is 0.439. The molecule has 9 nitrogen and oxygen atoms in total. The number of primary amides is 1. The van der Waals surface area contributed by atoms with Crippen LogP contribution in [0.5, 0.6) is 0 Å². The molecule has 1 heterocycles. The van der Waals surface area contributed by atoms with Gasteiger partial charge in [-0.3, -0.25) is 4.79 Å². The molecule has 1 rings (SSSR count). The van der Waals surface area contributed by atoms with E-state index in [1.807, 2.05) is 0 Å². The monoisotopic (exact) mass is 216 g/mol. The van der Waals surface area contributed by atoms with Crippen LogP contribution in [0, 0.1) is 10.1 Å². The summed E-state index contributed by atoms with van der Waals surface area (Å²) in [4.78, 5) is 25.7. The van der Waals surface area contributed by atoms with Crippen LogP contribution in [0.1, 0.15) is 11.8 Å². The first-order chi connectivity index (χ1) is 6.95. The molecule has 1 aromatic rings. The quantitative estimate of drug-likeness (QED) is 0.343. The Balaban J connectivity index is 3.00. The van der Waals surface area contributed by atoms with Gasteiger partial charge >= 0.3 is 5.82 Å². The number of aliphatic hydroxyl groups is 2. The van der Waals surface area contributed by atoms with Gasteiger partial charge in [0.1, 0.15) is 6.10 Å². The van der Waals surface area contributed by atoms with Crippen LogP contribution in [0.25, 0.3) is 0 Å². The number of rotatable bonds is 4. The van der Waals surface area contributed by atoms with E-state index >= 15 is 0 Å². The zero-order valence-corrected chi connectivity index (χ0v) is 7.32. The third-order valence-corrected chi connectivity index (χ3v) is 1.70. The molecule has 9 heteroatoms. The topological polar surface area (TPSA) is 155 Å². The molecule has 5 N–H and O–H groups in total. The number of carbonyl (C=O) groups is 1. The summed E-state index contributed by atoms with van der Waals surface area (Å²) in [5.41, 5.74) is 4.27. The second kappa shape index (κ2) is 4.02. The molecule has 0 aliphatic rings. The molecule has 0 aromatic carbocycles. The molecule has 0 aliphatic heterocycles. The van der Waals surface area contributed by atoms with Gasteiger partial charge in [-0.15, -0.1) is 0 Å². The summed E-state index contributed by atoms with van der Waals surface area (Å²) >= 11 is 0. The van der Waals surface area contributed by atoms with E-state index in [0.717, 1.165) is 6.33 Å². The van der Waals surface area contributed by atoms with Crippen molar-refractivity contribution in [2.75, 3.05) is 0 Å². The smallest absolute Gasteiger partial charge is 0.346 e. The van der Waals surface area contributed by atoms with Crippen LogP contribution in [0.15, 0.2) is 6.33 Å². The average Bonchev–Trinajstić information content (AvgIpc) is 2.63. The Kier molecular flexibility index (Phi) is 2.97. The summed E-state index contributed by atoms with van der Waals surface area (Å²) < 4.78 is 0. The number of imidazole rings is 1. The summed E-state index contributed by atoms with van der Waals surface area (Å²) in [6.07, 6.45) is -2.80. The SMILES string of the molecule is NC(=O)C(O)C(O)c1nc[nH]c1[N+](=O)[O-]. The number of carbonyl (C=O) groups excluding carboxylic acids is 1. The number of amides is 1. The third kappa shape index (κ3) is 2.08. The highest BCUT2D eigenvalue weighted by Gasteiger charge is 2.31. The second-order valence-corrected chi connectivity index (χ2v) is 2.69. The van der Waals surface area contributed by atoms with Gasteiger partial charge in [0.05, 0.1) is 0 Å². The molecule has 1 amide bonds. The van der Waals surface area contributed by atoms with Crippen molar-refractivity contribution in [2.45, 2.75) is 12.2 Å². The van der Waals surface area contributed by atoms with E-state index in [2.05, 4.69) is 9.97 Å². The molecule has 0 saturated heterocycles. The van der Waals surface area contributed by atoms with E-state index in [-0.39, 0.29) is 0 Å². The average molecular weight is 216 g/mol. The number of nitro groups is 1. The highest BCUT2D eigenvalue weighted by Crippen LogP contribution is 2.22. The standard InChI is InChI=1S/C6H8N4O5/c7-5(13)4(12)3(11)2-6(10(14)15)9-1-8-2/h1,3-4,11-12H,(H2,7,13)(H,8,9). The van der Waals surface area contributed by atoms with Gasteiger partial charge < -0.3 is 26.1 Å². The van der Waals surface area contributed by atoms with Gasteiger partial charge in [0.25, 0.3) is 0 Å². The van der Waals surface area contributed by atoms with E-state index in [4.69, 9.17) is 10.8 Å². The molecule has 0 spiro atoms. The van der Waals surface area contributed by atoms with Gasteiger partial charge in [0.2, 0.25) is 5.91 Å². The van der Waals surface area contributed by atoms with E-state index in [9.17, 15) is 20.0 Å². The predicted molar refractivity (Wildman–Crippen MR) is 45.4 cm³/mol. The van der Waals surface area contributed by atoms with Crippen LogP contribution in [0.2, 0.25) is 0 Å². The molecule has 0 saturated carbocycles. The van der Waals surface area contributed by atoms with Crippen molar-refractivity contribution in [1.29, 1.82) is 0 Å². The van der Waals surface area contributed by atoms with Gasteiger partial charge in [-0.25, -0.2) is 9.97 Å². The Morgan fingerprint density at radius 1 is 1.67 bits per heavy atom. The van der Waals surface area contributed by atoms with Crippen molar-refractivity contribution in [1.82, 2.24) is 9.97 Å². The van der Waals surface area contributed by atoms with Crippen LogP contribution in [-0.2, 0) is 4.79 Å². The number of nitrogens with zero attached hydrogens (tertiary/aromatic N) is 2. The fraction of sp³-hybridized carbons (Fsp3) is 0.333. The Bertz CT molecular complexity index is 389. The van der Waals surface area contributed by atoms with Crippen LogP contribution in [0.4, 0.5) is 5.82 Å². The van der Waals surface area contributed by atoms with Crippen LogP contribution < -0.4 is 5.73 Å². The van der Waals surface area contributed by atoms with Gasteiger partial charge in [0.15, 0.2) is 18.1 Å². The number of nitrogens with one attached hydrogen (secondary N) is 1. The fourth-order valence-electron chi connectivity index (χ4n) is 0.966. The zero-order chi connectivity index (χ0) is 11.6. The fourth-order valence-corrected chi connectivity index (χ4v) is 0.966. The lowest BCUT2D eigenvalue weighted by Gasteiger charge is -2.11. The summed E-state index contributed by atoms with van der Waals surface area (Å²) in [7, 11) is 0. The van der Waals surface area contributed by atoms with Crippen LogP contribution in [-0.4, -0.2) is 37.1 Å². The molecule has 15 heavy (non-hydrogen) atoms. The third-order valence-electron chi connectivity index (χ3n) is 1.70. The summed E-state index contributed by atoms with van der Waals surface area (Å²) in [5.74, 6) is -1.79. The maximum atomic E-state index is 10.5. The number of aromatic amines is 1. The predicted octanol–water partition coefficient (Wildman–Crippen LogP) is -1.80. The normalized spacial score (nSPS) is 14.5. The molecule has 2 unspecified atom stereocenters. The summed E-state index contributed by atoms with van der Waals surface area (Å²) in [5, 5.41) is 28.8. The van der Waals surface area contributed by atoms with Gasteiger partial charge in [-0.2, -0.15) is 0 Å². The molecular formula is C6H8N4O5. The van der Waals surface area contributed by atoms with Crippen molar-refractivity contribution < 1.29 is 19.9 Å². The maximum Gasteiger partial charge on any atom is 0.346 e. The summed E-state index contributed by atoms with van der Waals surface area (Å²) in [6, 6.07) is 0. The first-order valence-electron chi connectivity index (χ1n) is 3.78. The lowest BCUT2D eigenvalue weighted by Crippen LogP contribution is -2.34. The Morgan fingerprint density at radius 2 is 2.27 bits per heavy atom. The Labute approximate surface area is 82.7 Å². The van der Waals surface area contributed by atoms with Crippen LogP contribution >= 0.6 is 0 Å². The molecule has 0 aliphatic carbocycles. The molecule has 0 fully saturated rings. The second-order valence-electron chi connectivity index (χ2n) is 2.69. The number of nitrogens with two attached hydrogens (primary N) is 1. The minimum Gasteiger partial charge on any atom is -0.383 e. The van der Waals surface area contributed by atoms with Gasteiger partial charge in [-0.05, 0) is 4.92 Å². The van der Waals surface area contributed by atoms with E-state index < -0.39 is 34.6 Å². The Hall–Kier alpha value is -2.00. The first-order valence-corrected chi connectivity index (χ1v) is 3.78. The number of aliphatic hydroxyl groups excluding tert-OH is 2. The van der Waals surface area contributed by atoms with Gasteiger partial charge in [-0.1, -0.05) is 0 Å².